The maximum absolute atomic E-state index is 5.37. The Hall–Kier alpha value is -1.93. The van der Waals surface area contributed by atoms with Gasteiger partial charge >= 0.3 is 6.01 Å². The predicted octanol–water partition coefficient (Wildman–Crippen LogP) is 2.41. The molecule has 0 amide bonds. The molecule has 0 bridgehead atoms. The minimum Gasteiger partial charge on any atom is -0.464 e. The van der Waals surface area contributed by atoms with Crippen molar-refractivity contribution in [3.8, 4) is 6.01 Å². The second kappa shape index (κ2) is 6.68. The fourth-order valence-electron chi connectivity index (χ4n) is 2.03. The number of nitrogens with two attached hydrogens (primary N) is 1. The van der Waals surface area contributed by atoms with Crippen LogP contribution in [0.3, 0.4) is 0 Å². The maximum atomic E-state index is 5.37. The molecule has 1 unspecified atom stereocenters. The largest absolute Gasteiger partial charge is 0.464 e. The van der Waals surface area contributed by atoms with Crippen LogP contribution in [0.2, 0.25) is 0 Å². The highest BCUT2D eigenvalue weighted by atomic mass is 32.1. The van der Waals surface area contributed by atoms with E-state index in [9.17, 15) is 0 Å². The first kappa shape index (κ1) is 15.5. The Morgan fingerprint density at radius 3 is 2.57 bits per heavy atom. The molecule has 0 fully saturated rings. The Morgan fingerprint density at radius 1 is 1.29 bits per heavy atom. The van der Waals surface area contributed by atoms with Crippen molar-refractivity contribution in [2.24, 2.45) is 5.84 Å². The molecule has 4 N–H and O–H groups in total. The van der Waals surface area contributed by atoms with Crippen molar-refractivity contribution in [3.05, 3.63) is 21.4 Å². The van der Waals surface area contributed by atoms with Crippen molar-refractivity contribution in [2.45, 2.75) is 33.7 Å². The Labute approximate surface area is 128 Å². The molecule has 0 aliphatic carbocycles. The van der Waals surface area contributed by atoms with Crippen molar-refractivity contribution in [2.75, 3.05) is 17.3 Å². The fourth-order valence-corrected chi connectivity index (χ4v) is 3.05. The number of hydrogen-bond acceptors (Lipinski definition) is 8. The van der Waals surface area contributed by atoms with E-state index in [-0.39, 0.29) is 18.0 Å². The van der Waals surface area contributed by atoms with Crippen LogP contribution in [-0.4, -0.2) is 21.6 Å². The van der Waals surface area contributed by atoms with Crippen molar-refractivity contribution in [1.29, 1.82) is 0 Å². The minimum absolute atomic E-state index is 0.0810. The van der Waals surface area contributed by atoms with Crippen molar-refractivity contribution in [3.63, 3.8) is 0 Å². The van der Waals surface area contributed by atoms with Gasteiger partial charge in [0.05, 0.1) is 12.6 Å². The molecule has 0 aromatic carbocycles. The van der Waals surface area contributed by atoms with E-state index in [1.165, 1.54) is 15.3 Å². The zero-order valence-corrected chi connectivity index (χ0v) is 13.4. The van der Waals surface area contributed by atoms with Gasteiger partial charge < -0.3 is 10.1 Å². The van der Waals surface area contributed by atoms with Crippen molar-refractivity contribution >= 4 is 23.2 Å². The summed E-state index contributed by atoms with van der Waals surface area (Å²) in [6.07, 6.45) is 0. The van der Waals surface area contributed by atoms with Crippen LogP contribution in [0.4, 0.5) is 11.9 Å². The summed E-state index contributed by atoms with van der Waals surface area (Å²) in [5.41, 5.74) is 3.65. The molecule has 8 heteroatoms. The summed E-state index contributed by atoms with van der Waals surface area (Å²) in [5.74, 6) is 6.06. The first-order valence-electron chi connectivity index (χ1n) is 6.72. The Morgan fingerprint density at radius 2 is 2.00 bits per heavy atom. The number of anilines is 2. The summed E-state index contributed by atoms with van der Waals surface area (Å²) in [6.45, 7) is 8.62. The first-order valence-corrected chi connectivity index (χ1v) is 7.54. The number of aromatic nitrogens is 3. The highest BCUT2D eigenvalue weighted by Crippen LogP contribution is 2.28. The number of hydrogen-bond donors (Lipinski definition) is 3. The lowest BCUT2D eigenvalue weighted by molar-refractivity contribution is 0.312. The summed E-state index contributed by atoms with van der Waals surface area (Å²) >= 11 is 1.78. The third kappa shape index (κ3) is 3.79. The van der Waals surface area contributed by atoms with E-state index in [2.05, 4.69) is 52.5 Å². The minimum atomic E-state index is 0.0810. The summed E-state index contributed by atoms with van der Waals surface area (Å²) in [6, 6.07) is 2.50. The SMILES string of the molecule is CCOc1nc(NN)nc(NC(C)c2cc(C)sc2C)n1. The molecule has 0 aliphatic rings. The third-order valence-electron chi connectivity index (χ3n) is 2.91. The molecule has 0 spiro atoms. The normalized spacial score (nSPS) is 12.0. The number of thiophene rings is 1. The number of rotatable bonds is 6. The number of nitrogens with zero attached hydrogens (tertiary/aromatic N) is 3. The van der Waals surface area contributed by atoms with Crippen LogP contribution in [0.1, 0.15) is 35.2 Å². The second-order valence-electron chi connectivity index (χ2n) is 4.58. The molecule has 0 saturated carbocycles. The Kier molecular flexibility index (Phi) is 4.92. The van der Waals surface area contributed by atoms with Crippen LogP contribution in [0.15, 0.2) is 6.07 Å². The molecule has 114 valence electrons. The molecule has 7 nitrogen and oxygen atoms in total. The molecular weight excluding hydrogens is 288 g/mol. The van der Waals surface area contributed by atoms with Crippen LogP contribution < -0.4 is 21.3 Å². The van der Waals surface area contributed by atoms with E-state index in [1.807, 2.05) is 6.92 Å². The zero-order valence-electron chi connectivity index (χ0n) is 12.6. The van der Waals surface area contributed by atoms with Crippen LogP contribution >= 0.6 is 11.3 Å². The maximum Gasteiger partial charge on any atom is 0.323 e. The van der Waals surface area contributed by atoms with Gasteiger partial charge in [0.1, 0.15) is 0 Å². The number of ether oxygens (including phenoxy) is 1. The molecule has 2 aromatic rings. The van der Waals surface area contributed by atoms with Crippen LogP contribution in [0.25, 0.3) is 0 Å². The van der Waals surface area contributed by atoms with Gasteiger partial charge in [0.2, 0.25) is 11.9 Å². The van der Waals surface area contributed by atoms with Gasteiger partial charge in [0, 0.05) is 9.75 Å². The lowest BCUT2D eigenvalue weighted by Gasteiger charge is -2.14. The molecule has 21 heavy (non-hydrogen) atoms. The highest BCUT2D eigenvalue weighted by Gasteiger charge is 2.14. The highest BCUT2D eigenvalue weighted by molar-refractivity contribution is 7.12. The van der Waals surface area contributed by atoms with Crippen molar-refractivity contribution < 1.29 is 4.74 Å². The molecule has 2 heterocycles. The monoisotopic (exact) mass is 308 g/mol. The van der Waals surface area contributed by atoms with E-state index >= 15 is 0 Å². The summed E-state index contributed by atoms with van der Waals surface area (Å²) in [7, 11) is 0. The predicted molar refractivity (Wildman–Crippen MR) is 84.6 cm³/mol. The van der Waals surface area contributed by atoms with E-state index in [1.54, 1.807) is 11.3 Å². The molecule has 0 aliphatic heterocycles. The van der Waals surface area contributed by atoms with Crippen molar-refractivity contribution in [1.82, 2.24) is 15.0 Å². The lowest BCUT2D eigenvalue weighted by Crippen LogP contribution is -2.16. The second-order valence-corrected chi connectivity index (χ2v) is 6.04. The molecule has 2 aromatic heterocycles. The number of nitrogens with one attached hydrogen (secondary N) is 2. The standard InChI is InChI=1S/C13H20N6OS/c1-5-20-13-17-11(16-12(18-13)19-14)15-8(3)10-6-7(2)21-9(10)4/h6,8H,5,14H2,1-4H3,(H2,15,16,17,18,19). The van der Waals surface area contributed by atoms with Gasteiger partial charge in [-0.25, -0.2) is 5.84 Å². The molecule has 0 saturated heterocycles. The average Bonchev–Trinajstić information content (AvgIpc) is 2.78. The first-order chi connectivity index (χ1) is 10.0. The van der Waals surface area contributed by atoms with Gasteiger partial charge in [-0.2, -0.15) is 15.0 Å². The lowest BCUT2D eigenvalue weighted by atomic mass is 10.1. The topological polar surface area (TPSA) is 98.0 Å². The van der Waals surface area contributed by atoms with E-state index in [0.717, 1.165) is 0 Å². The summed E-state index contributed by atoms with van der Waals surface area (Å²) in [4.78, 5) is 15.0. The smallest absolute Gasteiger partial charge is 0.323 e. The molecule has 1 atom stereocenters. The molecule has 2 rings (SSSR count). The average molecular weight is 308 g/mol. The van der Waals surface area contributed by atoms with Crippen LogP contribution in [-0.2, 0) is 0 Å². The van der Waals surface area contributed by atoms with E-state index < -0.39 is 0 Å². The van der Waals surface area contributed by atoms with Crippen LogP contribution in [0.5, 0.6) is 6.01 Å². The zero-order chi connectivity index (χ0) is 15.4. The van der Waals surface area contributed by atoms with Gasteiger partial charge in [-0.15, -0.1) is 11.3 Å². The quantitative estimate of drug-likeness (QED) is 0.557. The number of aryl methyl sites for hydroxylation is 2. The van der Waals surface area contributed by atoms with E-state index in [0.29, 0.717) is 12.6 Å². The number of nitrogen functional groups attached to an aromatic ring is 1. The van der Waals surface area contributed by atoms with Gasteiger partial charge in [0.15, 0.2) is 0 Å². The third-order valence-corrected chi connectivity index (χ3v) is 3.89. The molecular formula is C13H20N6OS. The summed E-state index contributed by atoms with van der Waals surface area (Å²) < 4.78 is 5.31. The Bertz CT molecular complexity index is 615. The van der Waals surface area contributed by atoms with Crippen LogP contribution in [0, 0.1) is 13.8 Å². The Balaban J connectivity index is 2.21. The fraction of sp³-hybridized carbons (Fsp3) is 0.462. The van der Waals surface area contributed by atoms with Gasteiger partial charge in [-0.3, -0.25) is 5.43 Å². The summed E-state index contributed by atoms with van der Waals surface area (Å²) in [5, 5.41) is 3.25. The van der Waals surface area contributed by atoms with Gasteiger partial charge in [-0.1, -0.05) is 0 Å². The van der Waals surface area contributed by atoms with E-state index in [4.69, 9.17) is 10.6 Å². The number of hydrazine groups is 1. The van der Waals surface area contributed by atoms with Gasteiger partial charge in [-0.05, 0) is 39.3 Å². The van der Waals surface area contributed by atoms with Gasteiger partial charge in [0.25, 0.3) is 0 Å². The molecule has 0 radical (unpaired) electrons.